The van der Waals surface area contributed by atoms with E-state index in [1.807, 2.05) is 20.0 Å². The van der Waals surface area contributed by atoms with Crippen LogP contribution in [0.25, 0.3) is 28.1 Å². The van der Waals surface area contributed by atoms with Gasteiger partial charge in [0, 0.05) is 12.6 Å². The van der Waals surface area contributed by atoms with E-state index in [0.717, 1.165) is 33.9 Å². The van der Waals surface area contributed by atoms with Gasteiger partial charge in [0.15, 0.2) is 5.82 Å². The summed E-state index contributed by atoms with van der Waals surface area (Å²) in [4.78, 5) is 4.74. The van der Waals surface area contributed by atoms with Crippen LogP contribution < -0.4 is 0 Å². The molecule has 0 radical (unpaired) electrons. The lowest BCUT2D eigenvalue weighted by atomic mass is 10.0. The van der Waals surface area contributed by atoms with Gasteiger partial charge in [-0.05, 0) is 51.0 Å². The predicted octanol–water partition coefficient (Wildman–Crippen LogP) is 4.05. The highest BCUT2D eigenvalue weighted by atomic mass is 15.3. The van der Waals surface area contributed by atoms with Gasteiger partial charge in [0.1, 0.15) is 12.2 Å². The molecule has 0 amide bonds. The summed E-state index contributed by atoms with van der Waals surface area (Å²) >= 11 is 0. The van der Waals surface area contributed by atoms with Crippen LogP contribution in [-0.2, 0) is 7.05 Å². The van der Waals surface area contributed by atoms with E-state index in [0.29, 0.717) is 0 Å². The van der Waals surface area contributed by atoms with Crippen molar-refractivity contribution < 1.29 is 0 Å². The minimum absolute atomic E-state index is 0.818. The van der Waals surface area contributed by atoms with Crippen molar-refractivity contribution in [2.45, 2.75) is 27.7 Å². The Morgan fingerprint density at radius 3 is 2.40 bits per heavy atom. The number of nitrogens with zero attached hydrogens (tertiary/aromatic N) is 5. The van der Waals surface area contributed by atoms with Gasteiger partial charge in [0.25, 0.3) is 0 Å². The van der Waals surface area contributed by atoms with Crippen LogP contribution in [0.15, 0.2) is 36.7 Å². The van der Waals surface area contributed by atoms with Gasteiger partial charge in [0.05, 0.1) is 16.7 Å². The van der Waals surface area contributed by atoms with E-state index >= 15 is 0 Å². The maximum absolute atomic E-state index is 4.74. The van der Waals surface area contributed by atoms with E-state index in [9.17, 15) is 0 Å². The van der Waals surface area contributed by atoms with Crippen LogP contribution in [0.1, 0.15) is 22.5 Å². The summed E-state index contributed by atoms with van der Waals surface area (Å²) < 4.78 is 4.17. The zero-order chi connectivity index (χ0) is 17.7. The Hall–Kier alpha value is -2.95. The maximum Gasteiger partial charge on any atom is 0.170 e. The fraction of sp³-hybridized carbons (Fsp3) is 0.250. The van der Waals surface area contributed by atoms with Crippen molar-refractivity contribution in [3.63, 3.8) is 0 Å². The predicted molar refractivity (Wildman–Crippen MR) is 100 cm³/mol. The third kappa shape index (κ3) is 2.35. The van der Waals surface area contributed by atoms with Gasteiger partial charge in [-0.25, -0.2) is 4.98 Å². The summed E-state index contributed by atoms with van der Waals surface area (Å²) in [5.74, 6) is 1.80. The molecule has 0 aliphatic rings. The van der Waals surface area contributed by atoms with Gasteiger partial charge in [-0.3, -0.25) is 4.57 Å². The molecule has 4 aromatic rings. The fourth-order valence-corrected chi connectivity index (χ4v) is 3.65. The second kappa shape index (κ2) is 5.55. The average molecular weight is 331 g/mol. The van der Waals surface area contributed by atoms with Crippen molar-refractivity contribution in [2.75, 3.05) is 0 Å². The lowest BCUT2D eigenvalue weighted by molar-refractivity contribution is 0.886. The van der Waals surface area contributed by atoms with E-state index in [2.05, 4.69) is 64.4 Å². The highest BCUT2D eigenvalue weighted by Crippen LogP contribution is 2.30. The molecule has 2 aromatic heterocycles. The summed E-state index contributed by atoms with van der Waals surface area (Å²) in [6, 6.07) is 10.6. The van der Waals surface area contributed by atoms with E-state index < -0.39 is 0 Å². The molecule has 4 rings (SSSR count). The monoisotopic (exact) mass is 331 g/mol. The molecular formula is C20H21N5. The summed E-state index contributed by atoms with van der Waals surface area (Å²) in [6.45, 7) is 8.40. The Morgan fingerprint density at radius 2 is 1.68 bits per heavy atom. The molecule has 5 nitrogen and oxygen atoms in total. The van der Waals surface area contributed by atoms with Crippen molar-refractivity contribution in [2.24, 2.45) is 7.05 Å². The van der Waals surface area contributed by atoms with Crippen LogP contribution >= 0.6 is 0 Å². The highest BCUT2D eigenvalue weighted by Gasteiger charge is 2.17. The zero-order valence-corrected chi connectivity index (χ0v) is 15.2. The minimum atomic E-state index is 0.818. The molecule has 5 heteroatoms. The van der Waals surface area contributed by atoms with Gasteiger partial charge in [-0.1, -0.05) is 23.8 Å². The largest absolute Gasteiger partial charge is 0.331 e. The Morgan fingerprint density at radius 1 is 0.960 bits per heavy atom. The Labute approximate surface area is 147 Å². The smallest absolute Gasteiger partial charge is 0.170 e. The number of fused-ring (bicyclic) bond motifs is 1. The number of aryl methyl sites for hydroxylation is 5. The number of benzene rings is 2. The van der Waals surface area contributed by atoms with Crippen molar-refractivity contribution in [3.05, 3.63) is 59.2 Å². The molecule has 0 bridgehead atoms. The van der Waals surface area contributed by atoms with Crippen LogP contribution in [-0.4, -0.2) is 24.3 Å². The number of aromatic nitrogens is 5. The molecule has 0 saturated heterocycles. The summed E-state index contributed by atoms with van der Waals surface area (Å²) in [5.41, 5.74) is 7.87. The average Bonchev–Trinajstić information content (AvgIpc) is 3.12. The van der Waals surface area contributed by atoms with Crippen molar-refractivity contribution in [1.82, 2.24) is 24.3 Å². The van der Waals surface area contributed by atoms with Gasteiger partial charge in [-0.15, -0.1) is 10.2 Å². The summed E-state index contributed by atoms with van der Waals surface area (Å²) in [5, 5.41) is 8.61. The lowest BCUT2D eigenvalue weighted by Gasteiger charge is -2.14. The van der Waals surface area contributed by atoms with Crippen LogP contribution in [0, 0.1) is 27.7 Å². The van der Waals surface area contributed by atoms with Gasteiger partial charge in [-0.2, -0.15) is 0 Å². The molecule has 0 atom stereocenters. The summed E-state index contributed by atoms with van der Waals surface area (Å²) in [7, 11) is 2.04. The SMILES string of the molecule is Cc1cc(C)c(-n2cnnc2-c2cccc3c2nc(C)n3C)c(C)c1. The molecule has 0 N–H and O–H groups in total. The summed E-state index contributed by atoms with van der Waals surface area (Å²) in [6.07, 6.45) is 1.79. The first kappa shape index (κ1) is 15.6. The van der Waals surface area contributed by atoms with Crippen LogP contribution in [0.3, 0.4) is 0 Å². The first-order chi connectivity index (χ1) is 12.0. The number of hydrogen-bond acceptors (Lipinski definition) is 3. The number of rotatable bonds is 2. The number of imidazole rings is 1. The Kier molecular flexibility index (Phi) is 3.46. The molecule has 0 unspecified atom stereocenters. The third-order valence-corrected chi connectivity index (χ3v) is 4.80. The fourth-order valence-electron chi connectivity index (χ4n) is 3.65. The second-order valence-electron chi connectivity index (χ2n) is 6.66. The first-order valence-electron chi connectivity index (χ1n) is 8.38. The molecule has 0 fully saturated rings. The first-order valence-corrected chi connectivity index (χ1v) is 8.38. The van der Waals surface area contributed by atoms with Crippen LogP contribution in [0.5, 0.6) is 0 Å². The van der Waals surface area contributed by atoms with Crippen LogP contribution in [0.4, 0.5) is 0 Å². The molecule has 0 saturated carbocycles. The standard InChI is InChI=1S/C20H21N5/c1-12-9-13(2)19(14(3)10-12)25-11-21-23-20(25)16-7-6-8-17-18(16)22-15(4)24(17)5/h6-11H,1-5H3. The van der Waals surface area contributed by atoms with Crippen molar-refractivity contribution >= 4 is 11.0 Å². The third-order valence-electron chi connectivity index (χ3n) is 4.80. The van der Waals surface area contributed by atoms with E-state index in [1.165, 1.54) is 16.7 Å². The van der Waals surface area contributed by atoms with Crippen molar-refractivity contribution in [3.8, 4) is 17.1 Å². The number of hydrogen-bond donors (Lipinski definition) is 0. The second-order valence-corrected chi connectivity index (χ2v) is 6.66. The van der Waals surface area contributed by atoms with E-state index in [-0.39, 0.29) is 0 Å². The molecule has 0 aliphatic carbocycles. The van der Waals surface area contributed by atoms with Crippen LogP contribution in [0.2, 0.25) is 0 Å². The molecule has 0 aliphatic heterocycles. The molecule has 0 spiro atoms. The molecule has 2 heterocycles. The van der Waals surface area contributed by atoms with E-state index in [1.54, 1.807) is 6.33 Å². The zero-order valence-electron chi connectivity index (χ0n) is 15.2. The number of para-hydroxylation sites is 1. The highest BCUT2D eigenvalue weighted by molar-refractivity contribution is 5.91. The molecule has 25 heavy (non-hydrogen) atoms. The van der Waals surface area contributed by atoms with Gasteiger partial charge >= 0.3 is 0 Å². The normalized spacial score (nSPS) is 11.4. The maximum atomic E-state index is 4.74. The molecular weight excluding hydrogens is 310 g/mol. The Bertz CT molecular complexity index is 1080. The molecule has 126 valence electrons. The topological polar surface area (TPSA) is 48.5 Å². The quantitative estimate of drug-likeness (QED) is 0.556. The van der Waals surface area contributed by atoms with Gasteiger partial charge in [0.2, 0.25) is 0 Å². The van der Waals surface area contributed by atoms with Gasteiger partial charge < -0.3 is 4.57 Å². The van der Waals surface area contributed by atoms with Crippen molar-refractivity contribution in [1.29, 1.82) is 0 Å². The lowest BCUT2D eigenvalue weighted by Crippen LogP contribution is -2.02. The molecule has 2 aromatic carbocycles. The van der Waals surface area contributed by atoms with E-state index in [4.69, 9.17) is 4.98 Å². The Balaban J connectivity index is 2.00. The minimum Gasteiger partial charge on any atom is -0.331 e.